The summed E-state index contributed by atoms with van der Waals surface area (Å²) in [4.78, 5) is 43.5. The lowest BCUT2D eigenvalue weighted by Crippen LogP contribution is -2.52. The molecule has 0 saturated carbocycles. The number of likely N-dealkylation sites (N-methyl/N-ethyl adjacent to an activating group) is 1. The van der Waals surface area contributed by atoms with E-state index in [4.69, 9.17) is 4.18 Å². The van der Waals surface area contributed by atoms with Crippen molar-refractivity contribution in [3.05, 3.63) is 112 Å². The second-order valence-electron chi connectivity index (χ2n) is 7.52. The lowest BCUT2D eigenvalue weighted by atomic mass is 9.79. The monoisotopic (exact) mass is 537 g/mol. The molecule has 0 amide bonds. The Kier molecular flexibility index (Phi) is 7.01. The molecule has 1 unspecified atom stereocenters. The summed E-state index contributed by atoms with van der Waals surface area (Å²) in [7, 11) is -4.14. The molecule has 18 heteroatoms. The van der Waals surface area contributed by atoms with Gasteiger partial charge in [-0.1, -0.05) is 6.08 Å². The summed E-state index contributed by atoms with van der Waals surface area (Å²) >= 11 is 0. The lowest BCUT2D eigenvalue weighted by molar-refractivity contribution is -0.395. The van der Waals surface area contributed by atoms with Crippen LogP contribution in [0.15, 0.2) is 60.8 Å². The highest BCUT2D eigenvalue weighted by atomic mass is 32.3. The Morgan fingerprint density at radius 1 is 0.838 bits per heavy atom. The van der Waals surface area contributed by atoms with E-state index in [0.29, 0.717) is 12.1 Å². The van der Waals surface area contributed by atoms with Crippen molar-refractivity contribution in [1.82, 2.24) is 4.90 Å². The van der Waals surface area contributed by atoms with Gasteiger partial charge in [-0.3, -0.25) is 45.0 Å². The van der Waals surface area contributed by atoms with Crippen molar-refractivity contribution < 1.29 is 36.8 Å². The summed E-state index contributed by atoms with van der Waals surface area (Å²) in [6.45, 7) is 0. The van der Waals surface area contributed by atoms with Gasteiger partial charge in [-0.25, -0.2) is 4.18 Å². The number of hydrogen-bond donors (Lipinski definition) is 1. The number of non-ortho nitro benzene ring substituents is 2. The Morgan fingerprint density at radius 3 is 1.65 bits per heavy atom. The Hall–Kier alpha value is -4.81. The van der Waals surface area contributed by atoms with Crippen LogP contribution in [0.2, 0.25) is 0 Å². The number of benzene rings is 2. The Morgan fingerprint density at radius 2 is 1.30 bits per heavy atom. The number of hydrogen-bond acceptors (Lipinski definition) is 12. The highest BCUT2D eigenvalue weighted by Gasteiger charge is 2.51. The first-order chi connectivity index (χ1) is 17.2. The maximum Gasteiger partial charge on any atom is 0.399 e. The van der Waals surface area contributed by atoms with Crippen molar-refractivity contribution in [2.24, 2.45) is 0 Å². The van der Waals surface area contributed by atoms with Crippen molar-refractivity contribution >= 4 is 33.1 Å². The molecule has 37 heavy (non-hydrogen) atoms. The summed E-state index contributed by atoms with van der Waals surface area (Å²) in [6.07, 6.45) is 4.87. The van der Waals surface area contributed by atoms with Gasteiger partial charge in [-0.15, -0.1) is 0 Å². The van der Waals surface area contributed by atoms with Gasteiger partial charge < -0.3 is 4.90 Å². The third-order valence-electron chi connectivity index (χ3n) is 5.42. The summed E-state index contributed by atoms with van der Waals surface area (Å²) in [5, 5.41) is 46.4. The molecule has 194 valence electrons. The molecule has 0 radical (unpaired) electrons. The highest BCUT2D eigenvalue weighted by molar-refractivity contribution is 7.80. The topological polar surface area (TPSA) is 239 Å². The number of nitrogens with zero attached hydrogens (tertiary/aromatic N) is 5. The fraction of sp³-hybridized carbons (Fsp3) is 0.158. The average Bonchev–Trinajstić information content (AvgIpc) is 2.80. The van der Waals surface area contributed by atoms with Crippen LogP contribution in [0.25, 0.3) is 0 Å². The van der Waals surface area contributed by atoms with Crippen LogP contribution in [0, 0.1) is 40.5 Å². The summed E-state index contributed by atoms with van der Waals surface area (Å²) in [5.41, 5.74) is -6.77. The quantitative estimate of drug-likeness (QED) is 0.275. The first-order valence-corrected chi connectivity index (χ1v) is 11.2. The standard InChI is InChI=1S/C19H15N5O12S/c1-20-9-3-2-8-19(20,36-37(33,34)35)18(14-6-4-12(21(25)26)10-16(14)23(29)30)15-7-5-13(22(27)28)11-17(15)24(31)32/h2-11,18H,1H3,(H,33,34,35). The van der Waals surface area contributed by atoms with Crippen molar-refractivity contribution in [3.8, 4) is 0 Å². The highest BCUT2D eigenvalue weighted by Crippen LogP contribution is 2.49. The smallest absolute Gasteiger partial charge is 0.348 e. The van der Waals surface area contributed by atoms with Gasteiger partial charge in [0.15, 0.2) is 5.72 Å². The van der Waals surface area contributed by atoms with E-state index in [9.17, 15) is 53.4 Å². The van der Waals surface area contributed by atoms with Crippen LogP contribution < -0.4 is 0 Å². The maximum absolute atomic E-state index is 12.0. The van der Waals surface area contributed by atoms with Gasteiger partial charge in [0.05, 0.1) is 37.7 Å². The predicted molar refractivity (Wildman–Crippen MR) is 123 cm³/mol. The van der Waals surface area contributed by atoms with E-state index in [1.54, 1.807) is 0 Å². The van der Waals surface area contributed by atoms with E-state index in [1.165, 1.54) is 25.4 Å². The number of nitro groups is 4. The molecule has 0 aliphatic carbocycles. The van der Waals surface area contributed by atoms with E-state index in [1.807, 2.05) is 0 Å². The van der Waals surface area contributed by atoms with E-state index >= 15 is 0 Å². The van der Waals surface area contributed by atoms with Crippen LogP contribution in [0.5, 0.6) is 0 Å². The van der Waals surface area contributed by atoms with Crippen LogP contribution in [-0.2, 0) is 14.6 Å². The zero-order chi connectivity index (χ0) is 27.7. The lowest BCUT2D eigenvalue weighted by Gasteiger charge is -2.43. The fourth-order valence-electron chi connectivity index (χ4n) is 3.92. The zero-order valence-corrected chi connectivity index (χ0v) is 19.2. The van der Waals surface area contributed by atoms with Gasteiger partial charge in [-0.2, -0.15) is 8.42 Å². The minimum Gasteiger partial charge on any atom is -0.348 e. The molecule has 2 aromatic rings. The SMILES string of the molecule is CN1C=CC=CC1(OS(=O)(=O)O)C(c1ccc([N+](=O)[O-])cc1[N+](=O)[O-])c1ccc([N+](=O)[O-])cc1[N+](=O)[O-]. The molecule has 0 fully saturated rings. The largest absolute Gasteiger partial charge is 0.399 e. The van der Waals surface area contributed by atoms with E-state index in [0.717, 1.165) is 35.2 Å². The minimum atomic E-state index is -5.37. The third kappa shape index (κ3) is 5.24. The average molecular weight is 537 g/mol. The molecule has 0 saturated heterocycles. The van der Waals surface area contributed by atoms with Crippen molar-refractivity contribution in [1.29, 1.82) is 0 Å². The summed E-state index contributed by atoms with van der Waals surface area (Å²) < 4.78 is 38.5. The molecule has 0 bridgehead atoms. The summed E-state index contributed by atoms with van der Waals surface area (Å²) in [5.74, 6) is -1.87. The zero-order valence-electron chi connectivity index (χ0n) is 18.4. The molecule has 0 spiro atoms. The van der Waals surface area contributed by atoms with Crippen LogP contribution in [0.4, 0.5) is 22.7 Å². The minimum absolute atomic E-state index is 0.497. The molecular weight excluding hydrogens is 522 g/mol. The van der Waals surface area contributed by atoms with E-state index in [2.05, 4.69) is 0 Å². The number of rotatable bonds is 9. The van der Waals surface area contributed by atoms with Gasteiger partial charge >= 0.3 is 10.4 Å². The van der Waals surface area contributed by atoms with Crippen LogP contribution in [-0.4, -0.2) is 50.3 Å². The van der Waals surface area contributed by atoms with Gasteiger partial charge in [0.1, 0.15) is 0 Å². The van der Waals surface area contributed by atoms with Crippen molar-refractivity contribution in [2.75, 3.05) is 7.05 Å². The van der Waals surface area contributed by atoms with Crippen molar-refractivity contribution in [3.63, 3.8) is 0 Å². The molecule has 1 aliphatic heterocycles. The first kappa shape index (κ1) is 26.8. The van der Waals surface area contributed by atoms with E-state index < -0.39 is 75.6 Å². The number of allylic oxidation sites excluding steroid dienone is 2. The van der Waals surface area contributed by atoms with Crippen LogP contribution in [0.1, 0.15) is 17.0 Å². The van der Waals surface area contributed by atoms with Crippen LogP contribution in [0.3, 0.4) is 0 Å². The van der Waals surface area contributed by atoms with Gasteiger partial charge in [-0.05, 0) is 24.3 Å². The predicted octanol–water partition coefficient (Wildman–Crippen LogP) is 2.98. The Bertz CT molecular complexity index is 1410. The summed E-state index contributed by atoms with van der Waals surface area (Å²) in [6, 6.07) is 4.56. The molecule has 0 aromatic heterocycles. The Balaban J connectivity index is 2.52. The molecule has 1 N–H and O–H groups in total. The Labute approximate surface area is 206 Å². The third-order valence-corrected chi connectivity index (χ3v) is 5.90. The fourth-order valence-corrected chi connectivity index (χ4v) is 4.53. The normalized spacial score (nSPS) is 17.1. The molecule has 17 nitrogen and oxygen atoms in total. The molecule has 2 aromatic carbocycles. The second-order valence-corrected chi connectivity index (χ2v) is 8.54. The van der Waals surface area contributed by atoms with Gasteiger partial charge in [0.25, 0.3) is 22.7 Å². The number of nitro benzene ring substituents is 4. The molecule has 1 aliphatic rings. The molecule has 1 atom stereocenters. The second kappa shape index (κ2) is 9.68. The maximum atomic E-state index is 12.0. The van der Waals surface area contributed by atoms with Gasteiger partial charge in [0.2, 0.25) is 0 Å². The van der Waals surface area contributed by atoms with Gasteiger partial charge in [0, 0.05) is 36.5 Å². The molecule has 1 heterocycles. The first-order valence-electron chi connectivity index (χ1n) is 9.80. The molecule has 3 rings (SSSR count). The van der Waals surface area contributed by atoms with Crippen molar-refractivity contribution in [2.45, 2.75) is 11.6 Å². The van der Waals surface area contributed by atoms with Crippen LogP contribution >= 0.6 is 0 Å². The van der Waals surface area contributed by atoms with E-state index in [-0.39, 0.29) is 0 Å². The molecular formula is C19H15N5O12S.